The average Bonchev–Trinajstić information content (AvgIpc) is 3.23. The Morgan fingerprint density at radius 1 is 0.816 bits per heavy atom. The van der Waals surface area contributed by atoms with Gasteiger partial charge in [-0.15, -0.1) is 0 Å². The van der Waals surface area contributed by atoms with Crippen LogP contribution in [0.15, 0.2) is 0 Å². The fraction of sp³-hybridized carbons (Fsp3) is 0.971. The molecule has 4 rings (SSSR count). The Morgan fingerprint density at radius 3 is 2.32 bits per heavy atom. The first-order valence-electron chi connectivity index (χ1n) is 17.0. The second-order valence-electron chi connectivity index (χ2n) is 15.2. The lowest BCUT2D eigenvalue weighted by molar-refractivity contribution is -0.132. The molecule has 0 radical (unpaired) electrons. The first-order chi connectivity index (χ1) is 18.2. The smallest absolute Gasteiger partial charge is 0.434 e. The summed E-state index contributed by atoms with van der Waals surface area (Å²) >= 11 is 0. The molecule has 0 spiro atoms. The van der Waals surface area contributed by atoms with Gasteiger partial charge < -0.3 is 9.47 Å². The number of carbonyl (C=O) groups excluding carboxylic acids is 1. The highest BCUT2D eigenvalue weighted by Crippen LogP contribution is 2.68. The van der Waals surface area contributed by atoms with Gasteiger partial charge in [0.1, 0.15) is 6.10 Å². The van der Waals surface area contributed by atoms with E-state index in [4.69, 9.17) is 9.47 Å². The van der Waals surface area contributed by atoms with E-state index in [0.717, 1.165) is 61.2 Å². The van der Waals surface area contributed by atoms with Crippen molar-refractivity contribution in [2.45, 2.75) is 157 Å². The number of ether oxygens (including phenoxy) is 2. The monoisotopic (exact) mass is 530 g/mol. The number of rotatable bonds is 12. The Labute approximate surface area is 236 Å². The fourth-order valence-corrected chi connectivity index (χ4v) is 10.4. The van der Waals surface area contributed by atoms with E-state index in [1.165, 1.54) is 83.5 Å². The van der Waals surface area contributed by atoms with Crippen LogP contribution in [0, 0.1) is 52.3 Å². The van der Waals surface area contributed by atoms with E-state index in [1.807, 2.05) is 0 Å². The van der Waals surface area contributed by atoms with E-state index in [9.17, 15) is 4.79 Å². The maximum absolute atomic E-state index is 12.4. The van der Waals surface area contributed by atoms with Gasteiger partial charge in [-0.3, -0.25) is 0 Å². The van der Waals surface area contributed by atoms with E-state index >= 15 is 0 Å². The number of hydrogen-bond donors (Lipinski definition) is 0. The van der Waals surface area contributed by atoms with Crippen LogP contribution in [0.1, 0.15) is 151 Å². The summed E-state index contributed by atoms with van der Waals surface area (Å²) in [7, 11) is 0. The van der Waals surface area contributed by atoms with Gasteiger partial charge in [0.25, 0.3) is 0 Å². The highest BCUT2D eigenvalue weighted by molar-refractivity contribution is 5.60. The molecule has 4 saturated carbocycles. The lowest BCUT2D eigenvalue weighted by atomic mass is 9.44. The molecule has 4 aliphatic carbocycles. The van der Waals surface area contributed by atoms with E-state index in [0.29, 0.717) is 23.4 Å². The minimum Gasteiger partial charge on any atom is -0.434 e. The van der Waals surface area contributed by atoms with Crippen molar-refractivity contribution in [2.24, 2.45) is 52.3 Å². The minimum absolute atomic E-state index is 0.0635. The molecule has 9 atom stereocenters. The number of fused-ring (bicyclic) bond motifs is 5. The Bertz CT molecular complexity index is 747. The van der Waals surface area contributed by atoms with Crippen LogP contribution < -0.4 is 0 Å². The molecular weight excluding hydrogens is 468 g/mol. The van der Waals surface area contributed by atoms with Crippen molar-refractivity contribution in [1.82, 2.24) is 0 Å². The zero-order chi connectivity index (χ0) is 27.3. The van der Waals surface area contributed by atoms with Gasteiger partial charge in [-0.25, -0.2) is 4.79 Å². The van der Waals surface area contributed by atoms with E-state index < -0.39 is 6.16 Å². The molecular formula is C35H62O3. The van der Waals surface area contributed by atoms with Gasteiger partial charge in [-0.2, -0.15) is 0 Å². The van der Waals surface area contributed by atoms with Crippen LogP contribution in [-0.2, 0) is 9.47 Å². The van der Waals surface area contributed by atoms with Gasteiger partial charge in [-0.1, -0.05) is 86.5 Å². The molecule has 3 heteroatoms. The first-order valence-corrected chi connectivity index (χ1v) is 17.0. The van der Waals surface area contributed by atoms with Crippen molar-refractivity contribution in [1.29, 1.82) is 0 Å². The molecule has 0 aromatic carbocycles. The molecule has 4 aliphatic rings. The van der Waals surface area contributed by atoms with Gasteiger partial charge in [0.15, 0.2) is 0 Å². The van der Waals surface area contributed by atoms with Crippen LogP contribution >= 0.6 is 0 Å². The molecule has 3 nitrogen and oxygen atoms in total. The van der Waals surface area contributed by atoms with E-state index in [2.05, 4.69) is 41.5 Å². The second kappa shape index (κ2) is 13.3. The van der Waals surface area contributed by atoms with Crippen LogP contribution in [0.3, 0.4) is 0 Å². The van der Waals surface area contributed by atoms with Crippen LogP contribution in [-0.4, -0.2) is 18.9 Å². The topological polar surface area (TPSA) is 35.5 Å². The molecule has 4 fully saturated rings. The summed E-state index contributed by atoms with van der Waals surface area (Å²) in [5.74, 6) is 6.12. The lowest BCUT2D eigenvalue weighted by Crippen LogP contribution is -2.54. The summed E-state index contributed by atoms with van der Waals surface area (Å²) in [6.07, 6.45) is 21.6. The molecule has 0 aromatic rings. The minimum atomic E-state index is -0.421. The summed E-state index contributed by atoms with van der Waals surface area (Å²) in [5.41, 5.74) is 1.01. The van der Waals surface area contributed by atoms with Crippen molar-refractivity contribution in [3.05, 3.63) is 0 Å². The van der Waals surface area contributed by atoms with Crippen LogP contribution in [0.5, 0.6) is 0 Å². The summed E-state index contributed by atoms with van der Waals surface area (Å²) < 4.78 is 11.3. The van der Waals surface area contributed by atoms with Gasteiger partial charge in [-0.05, 0) is 116 Å². The molecule has 38 heavy (non-hydrogen) atoms. The standard InChI is InChI=1S/C35H62O3/c1-7-8-9-10-11-23-37-33(36)38-28-19-21-34(5)27(24-28)15-16-29-31-18-17-30(26(4)14-12-13-25(2)3)35(31,6)22-20-32(29)34/h25-32H,7-24H2,1-6H3/t26-,27-,28+,29-,30+,31-,32-,34-,35+/m0/s1. The van der Waals surface area contributed by atoms with E-state index in [-0.39, 0.29) is 6.10 Å². The van der Waals surface area contributed by atoms with Gasteiger partial charge in [0.05, 0.1) is 6.61 Å². The van der Waals surface area contributed by atoms with Crippen molar-refractivity contribution in [3.63, 3.8) is 0 Å². The number of hydrogen-bond acceptors (Lipinski definition) is 3. The van der Waals surface area contributed by atoms with Crippen molar-refractivity contribution >= 4 is 6.16 Å². The van der Waals surface area contributed by atoms with Crippen molar-refractivity contribution in [3.8, 4) is 0 Å². The molecule has 0 saturated heterocycles. The molecule has 0 unspecified atom stereocenters. The fourth-order valence-electron chi connectivity index (χ4n) is 10.4. The Kier molecular flexibility index (Phi) is 10.6. The molecule has 0 bridgehead atoms. The van der Waals surface area contributed by atoms with Crippen LogP contribution in [0.25, 0.3) is 0 Å². The lowest BCUT2D eigenvalue weighted by Gasteiger charge is -2.61. The highest BCUT2D eigenvalue weighted by atomic mass is 16.7. The predicted octanol–water partition coefficient (Wildman–Crippen LogP) is 10.6. The quantitative estimate of drug-likeness (QED) is 0.186. The van der Waals surface area contributed by atoms with Gasteiger partial charge in [0, 0.05) is 0 Å². The summed E-state index contributed by atoms with van der Waals surface area (Å²) in [4.78, 5) is 12.4. The largest absolute Gasteiger partial charge is 0.508 e. The maximum Gasteiger partial charge on any atom is 0.508 e. The molecule has 0 amide bonds. The average molecular weight is 531 g/mol. The highest BCUT2D eigenvalue weighted by Gasteiger charge is 2.60. The Morgan fingerprint density at radius 2 is 1.55 bits per heavy atom. The predicted molar refractivity (Wildman–Crippen MR) is 158 cm³/mol. The second-order valence-corrected chi connectivity index (χ2v) is 15.2. The van der Waals surface area contributed by atoms with Gasteiger partial charge in [0.2, 0.25) is 0 Å². The zero-order valence-corrected chi connectivity index (χ0v) is 26.1. The van der Waals surface area contributed by atoms with Crippen LogP contribution in [0.4, 0.5) is 4.79 Å². The number of unbranched alkanes of at least 4 members (excludes halogenated alkanes) is 4. The van der Waals surface area contributed by atoms with Crippen molar-refractivity contribution in [2.75, 3.05) is 6.61 Å². The summed E-state index contributed by atoms with van der Waals surface area (Å²) in [5, 5.41) is 0. The number of carbonyl (C=O) groups is 1. The molecule has 220 valence electrons. The third-order valence-electron chi connectivity index (χ3n) is 12.5. The van der Waals surface area contributed by atoms with Crippen LogP contribution in [0.2, 0.25) is 0 Å². The Balaban J connectivity index is 1.28. The maximum atomic E-state index is 12.4. The SMILES string of the molecule is CCCCCCCOC(=O)O[C@@H]1CC[C@@]2(C)[C@@H](CC[C@@H]3[C@@H]2CC[C@]2(C)[C@@H]([C@@H](C)CCCC(C)C)CC[C@@H]32)C1. The molecule has 0 aliphatic heterocycles. The first kappa shape index (κ1) is 30.2. The summed E-state index contributed by atoms with van der Waals surface area (Å²) in [6.45, 7) is 15.4. The molecule has 0 N–H and O–H groups in total. The van der Waals surface area contributed by atoms with Crippen molar-refractivity contribution < 1.29 is 14.3 Å². The van der Waals surface area contributed by atoms with E-state index in [1.54, 1.807) is 0 Å². The normalized spacial score (nSPS) is 39.2. The zero-order valence-electron chi connectivity index (χ0n) is 26.1. The van der Waals surface area contributed by atoms with Gasteiger partial charge >= 0.3 is 6.16 Å². The molecule has 0 aromatic heterocycles. The Hall–Kier alpha value is -0.730. The summed E-state index contributed by atoms with van der Waals surface area (Å²) in [6, 6.07) is 0. The third-order valence-corrected chi connectivity index (χ3v) is 12.5. The molecule has 0 heterocycles. The third kappa shape index (κ3) is 6.59.